The number of carbonyl (C=O) groups excluding carboxylic acids is 3. The van der Waals surface area contributed by atoms with Crippen LogP contribution in [0.5, 0.6) is 0 Å². The zero-order chi connectivity index (χ0) is 16.3. The van der Waals surface area contributed by atoms with E-state index in [1.807, 2.05) is 13.0 Å². The van der Waals surface area contributed by atoms with Gasteiger partial charge in [0.25, 0.3) is 0 Å². The van der Waals surface area contributed by atoms with E-state index in [9.17, 15) is 14.4 Å². The number of thioether (sulfide) groups is 1. The van der Waals surface area contributed by atoms with E-state index in [1.54, 1.807) is 17.0 Å². The number of carbonyl (C=O) groups is 3. The number of nitrogens with zero attached hydrogens (tertiary/aromatic N) is 1. The third-order valence-electron chi connectivity index (χ3n) is 3.73. The monoisotopic (exact) mass is 321 g/mol. The Bertz CT molecular complexity index is 614. The molecule has 1 aromatic carbocycles. The summed E-state index contributed by atoms with van der Waals surface area (Å²) >= 11 is 1.25. The lowest BCUT2D eigenvalue weighted by atomic mass is 10.1. The van der Waals surface area contributed by atoms with Crippen LogP contribution in [-0.4, -0.2) is 36.4 Å². The third-order valence-corrected chi connectivity index (χ3v) is 4.77. The van der Waals surface area contributed by atoms with Gasteiger partial charge in [0.1, 0.15) is 0 Å². The lowest BCUT2D eigenvalue weighted by Gasteiger charge is -2.20. The molecule has 118 valence electrons. The predicted molar refractivity (Wildman–Crippen MR) is 86.1 cm³/mol. The molecule has 0 spiro atoms. The summed E-state index contributed by atoms with van der Waals surface area (Å²) in [5, 5.41) is 0.0646. The van der Waals surface area contributed by atoms with Crippen molar-refractivity contribution in [2.45, 2.75) is 20.3 Å². The molecule has 1 aliphatic rings. The molecule has 0 saturated carbocycles. The topological polar surface area (TPSA) is 63.7 Å². The second kappa shape index (κ2) is 6.96. The molecule has 1 amide bonds. The Morgan fingerprint density at radius 2 is 2.14 bits per heavy atom. The van der Waals surface area contributed by atoms with Crippen LogP contribution in [-0.2, 0) is 14.3 Å². The van der Waals surface area contributed by atoms with Crippen LogP contribution >= 0.6 is 11.8 Å². The first-order valence-electron chi connectivity index (χ1n) is 7.05. The molecule has 2 rings (SSSR count). The van der Waals surface area contributed by atoms with Crippen LogP contribution in [0.15, 0.2) is 18.2 Å². The Morgan fingerprint density at radius 3 is 2.77 bits per heavy atom. The van der Waals surface area contributed by atoms with Crippen LogP contribution in [0.25, 0.3) is 0 Å². The number of hydrogen-bond donors (Lipinski definition) is 0. The molecule has 0 N–H and O–H groups in total. The quantitative estimate of drug-likeness (QED) is 0.797. The maximum atomic E-state index is 12.2. The number of amides is 1. The minimum Gasteiger partial charge on any atom is -0.465 e. The summed E-state index contributed by atoms with van der Waals surface area (Å²) in [6.45, 7) is 3.92. The van der Waals surface area contributed by atoms with E-state index in [0.29, 0.717) is 24.3 Å². The molecule has 5 nitrogen and oxygen atoms in total. The van der Waals surface area contributed by atoms with E-state index in [2.05, 4.69) is 0 Å². The number of methoxy groups -OCH3 is 1. The summed E-state index contributed by atoms with van der Waals surface area (Å²) in [6, 6.07) is 5.27. The van der Waals surface area contributed by atoms with Crippen LogP contribution in [0, 0.1) is 12.8 Å². The zero-order valence-electron chi connectivity index (χ0n) is 12.9. The standard InChI is InChI=1S/C16H19NO4S/c1-10-13(16(20)21-3)5-4-6-14(10)17-8-12(7-15(17)19)9-22-11(2)18/h4-6,12H,7-9H2,1-3H3. The summed E-state index contributed by atoms with van der Waals surface area (Å²) < 4.78 is 4.76. The molecule has 1 unspecified atom stereocenters. The second-order valence-electron chi connectivity index (χ2n) is 5.32. The molecule has 22 heavy (non-hydrogen) atoms. The maximum Gasteiger partial charge on any atom is 0.338 e. The van der Waals surface area contributed by atoms with Crippen molar-refractivity contribution < 1.29 is 19.1 Å². The van der Waals surface area contributed by atoms with Gasteiger partial charge in [-0.1, -0.05) is 17.8 Å². The summed E-state index contributed by atoms with van der Waals surface area (Å²) in [7, 11) is 1.34. The summed E-state index contributed by atoms with van der Waals surface area (Å²) in [4.78, 5) is 36.8. The lowest BCUT2D eigenvalue weighted by Crippen LogP contribution is -2.26. The normalized spacial score (nSPS) is 17.7. The first-order chi connectivity index (χ1) is 10.4. The summed E-state index contributed by atoms with van der Waals surface area (Å²) in [5.74, 6) is 0.421. The van der Waals surface area contributed by atoms with Gasteiger partial charge in [-0.05, 0) is 30.5 Å². The van der Waals surface area contributed by atoms with Crippen LogP contribution in [0.1, 0.15) is 29.3 Å². The molecule has 0 bridgehead atoms. The average Bonchev–Trinajstić information content (AvgIpc) is 2.85. The molecule has 1 saturated heterocycles. The summed E-state index contributed by atoms with van der Waals surface area (Å²) in [5.41, 5.74) is 1.94. The highest BCUT2D eigenvalue weighted by atomic mass is 32.2. The molecule has 0 aliphatic carbocycles. The van der Waals surface area contributed by atoms with Gasteiger partial charge in [0.15, 0.2) is 5.12 Å². The van der Waals surface area contributed by atoms with E-state index >= 15 is 0 Å². The molecule has 1 aromatic rings. The van der Waals surface area contributed by atoms with Crippen molar-refractivity contribution in [1.29, 1.82) is 0 Å². The van der Waals surface area contributed by atoms with Crippen molar-refractivity contribution in [3.63, 3.8) is 0 Å². The van der Waals surface area contributed by atoms with E-state index in [4.69, 9.17) is 4.74 Å². The molecule has 0 radical (unpaired) electrons. The van der Waals surface area contributed by atoms with Crippen LogP contribution in [0.4, 0.5) is 5.69 Å². The molecule has 6 heteroatoms. The summed E-state index contributed by atoms with van der Waals surface area (Å²) in [6.07, 6.45) is 0.433. The van der Waals surface area contributed by atoms with Gasteiger partial charge in [0.05, 0.1) is 12.7 Å². The van der Waals surface area contributed by atoms with E-state index < -0.39 is 5.97 Å². The van der Waals surface area contributed by atoms with Crippen LogP contribution in [0.3, 0.4) is 0 Å². The fourth-order valence-electron chi connectivity index (χ4n) is 2.61. The van der Waals surface area contributed by atoms with Crippen molar-refractivity contribution in [3.05, 3.63) is 29.3 Å². The predicted octanol–water partition coefficient (Wildman–Crippen LogP) is 2.41. The van der Waals surface area contributed by atoms with Crippen molar-refractivity contribution in [1.82, 2.24) is 0 Å². The van der Waals surface area contributed by atoms with Gasteiger partial charge in [-0.25, -0.2) is 4.79 Å². The van der Waals surface area contributed by atoms with Crippen LogP contribution < -0.4 is 4.90 Å². The Morgan fingerprint density at radius 1 is 1.41 bits per heavy atom. The smallest absolute Gasteiger partial charge is 0.338 e. The minimum atomic E-state index is -0.408. The minimum absolute atomic E-state index is 0.0271. The van der Waals surface area contributed by atoms with Crippen molar-refractivity contribution >= 4 is 34.4 Å². The van der Waals surface area contributed by atoms with Gasteiger partial charge in [-0.15, -0.1) is 0 Å². The molecular formula is C16H19NO4S. The second-order valence-corrected chi connectivity index (χ2v) is 6.52. The van der Waals surface area contributed by atoms with Crippen molar-refractivity contribution in [2.75, 3.05) is 24.3 Å². The van der Waals surface area contributed by atoms with Gasteiger partial charge < -0.3 is 9.64 Å². The average molecular weight is 321 g/mol. The van der Waals surface area contributed by atoms with E-state index in [-0.39, 0.29) is 16.9 Å². The van der Waals surface area contributed by atoms with Gasteiger partial charge in [-0.2, -0.15) is 0 Å². The van der Waals surface area contributed by atoms with Crippen molar-refractivity contribution in [2.24, 2.45) is 5.92 Å². The van der Waals surface area contributed by atoms with E-state index in [1.165, 1.54) is 25.8 Å². The number of anilines is 1. The fraction of sp³-hybridized carbons (Fsp3) is 0.438. The number of hydrogen-bond acceptors (Lipinski definition) is 5. The number of benzene rings is 1. The number of ether oxygens (including phenoxy) is 1. The van der Waals surface area contributed by atoms with Gasteiger partial charge in [0, 0.05) is 31.3 Å². The van der Waals surface area contributed by atoms with Gasteiger partial charge >= 0.3 is 5.97 Å². The molecule has 0 aromatic heterocycles. The maximum absolute atomic E-state index is 12.2. The molecular weight excluding hydrogens is 302 g/mol. The first-order valence-corrected chi connectivity index (χ1v) is 8.04. The Kier molecular flexibility index (Phi) is 5.24. The highest BCUT2D eigenvalue weighted by Crippen LogP contribution is 2.31. The SMILES string of the molecule is COC(=O)c1cccc(N2CC(CSC(C)=O)CC2=O)c1C. The molecule has 1 fully saturated rings. The van der Waals surface area contributed by atoms with Gasteiger partial charge in [0.2, 0.25) is 5.91 Å². The Hall–Kier alpha value is -1.82. The Balaban J connectivity index is 2.20. The Labute approximate surface area is 134 Å². The van der Waals surface area contributed by atoms with Gasteiger partial charge in [-0.3, -0.25) is 9.59 Å². The van der Waals surface area contributed by atoms with Crippen LogP contribution in [0.2, 0.25) is 0 Å². The molecule has 1 aliphatic heterocycles. The third kappa shape index (κ3) is 3.50. The molecule has 1 heterocycles. The zero-order valence-corrected chi connectivity index (χ0v) is 13.7. The fourth-order valence-corrected chi connectivity index (χ4v) is 3.30. The number of rotatable bonds is 4. The van der Waals surface area contributed by atoms with Crippen molar-refractivity contribution in [3.8, 4) is 0 Å². The molecule has 1 atom stereocenters. The highest BCUT2D eigenvalue weighted by Gasteiger charge is 2.32. The first kappa shape index (κ1) is 16.5. The lowest BCUT2D eigenvalue weighted by molar-refractivity contribution is -0.117. The highest BCUT2D eigenvalue weighted by molar-refractivity contribution is 8.13. The number of esters is 1. The largest absolute Gasteiger partial charge is 0.465 e. The van der Waals surface area contributed by atoms with E-state index in [0.717, 1.165) is 11.3 Å².